The van der Waals surface area contributed by atoms with Crippen LogP contribution in [-0.4, -0.2) is 27.1 Å². The second-order valence-electron chi connectivity index (χ2n) is 8.30. The lowest BCUT2D eigenvalue weighted by atomic mass is 10.00. The van der Waals surface area contributed by atoms with Crippen LogP contribution in [0.5, 0.6) is 0 Å². The number of aliphatic carboxylic acids is 1. The minimum atomic E-state index is -0.856. The third-order valence-corrected chi connectivity index (χ3v) is 6.54. The van der Waals surface area contributed by atoms with E-state index in [0.717, 1.165) is 39.5 Å². The molecule has 0 saturated heterocycles. The van der Waals surface area contributed by atoms with E-state index in [-0.39, 0.29) is 0 Å². The molecule has 170 valence electrons. The summed E-state index contributed by atoms with van der Waals surface area (Å²) < 4.78 is 0. The average Bonchev–Trinajstić information content (AvgIpc) is 3.46. The largest absolute Gasteiger partial charge is 0.480 e. The zero-order valence-corrected chi connectivity index (χ0v) is 19.8. The first-order chi connectivity index (χ1) is 15.9. The Balaban J connectivity index is 1.42. The van der Waals surface area contributed by atoms with Crippen LogP contribution in [0.3, 0.4) is 0 Å². The summed E-state index contributed by atoms with van der Waals surface area (Å²) in [5.41, 5.74) is 7.44. The van der Waals surface area contributed by atoms with Crippen molar-refractivity contribution < 1.29 is 9.90 Å². The van der Waals surface area contributed by atoms with Crippen molar-refractivity contribution in [2.24, 2.45) is 0 Å². The molecule has 0 aliphatic carbocycles. The Morgan fingerprint density at radius 1 is 1.09 bits per heavy atom. The number of carboxylic acid groups (broad SMARTS) is 1. The number of H-pyrrole nitrogens is 1. The van der Waals surface area contributed by atoms with Crippen molar-refractivity contribution >= 4 is 28.9 Å². The van der Waals surface area contributed by atoms with Crippen LogP contribution < -0.4 is 10.6 Å². The SMILES string of the molecule is Cc1cc(C)c(NC(Cc2ccc(-c3csc(CNc4ncc[nH]4)c3)cc2)C(=O)O)c(C)c1. The molecule has 0 fully saturated rings. The lowest BCUT2D eigenvalue weighted by molar-refractivity contribution is -0.137. The number of nitrogens with zero attached hydrogens (tertiary/aromatic N) is 1. The summed E-state index contributed by atoms with van der Waals surface area (Å²) in [6.45, 7) is 6.77. The number of carbonyl (C=O) groups is 1. The molecule has 6 nitrogen and oxygen atoms in total. The molecule has 0 amide bonds. The number of aromatic amines is 1. The standard InChI is InChI=1S/C26H28N4O2S/c1-16-10-17(2)24(18(3)11-16)30-23(25(31)32)12-19-4-6-20(7-5-19)21-13-22(33-15-21)14-29-26-27-8-9-28-26/h4-11,13,15,23,30H,12,14H2,1-3H3,(H,31,32)(H2,27,28,29). The van der Waals surface area contributed by atoms with Gasteiger partial charge in [-0.2, -0.15) is 0 Å². The number of benzene rings is 2. The van der Waals surface area contributed by atoms with E-state index in [2.05, 4.69) is 56.3 Å². The molecule has 4 aromatic rings. The number of anilines is 2. The molecule has 4 rings (SSSR count). The molecular weight excluding hydrogens is 432 g/mol. The van der Waals surface area contributed by atoms with Crippen molar-refractivity contribution in [3.8, 4) is 11.1 Å². The van der Waals surface area contributed by atoms with Gasteiger partial charge in [0.1, 0.15) is 6.04 Å². The first-order valence-corrected chi connectivity index (χ1v) is 11.7. The van der Waals surface area contributed by atoms with Gasteiger partial charge in [-0.3, -0.25) is 0 Å². The molecule has 1 unspecified atom stereocenters. The maximum Gasteiger partial charge on any atom is 0.326 e. The molecule has 2 aromatic carbocycles. The maximum absolute atomic E-state index is 12.0. The van der Waals surface area contributed by atoms with Gasteiger partial charge in [0.15, 0.2) is 5.95 Å². The fourth-order valence-corrected chi connectivity index (χ4v) is 4.84. The molecule has 2 aromatic heterocycles. The van der Waals surface area contributed by atoms with Crippen LogP contribution in [0.25, 0.3) is 11.1 Å². The third kappa shape index (κ3) is 5.62. The number of aryl methyl sites for hydroxylation is 3. The smallest absolute Gasteiger partial charge is 0.326 e. The average molecular weight is 461 g/mol. The number of hydrogen-bond donors (Lipinski definition) is 4. The lowest BCUT2D eigenvalue weighted by Gasteiger charge is -2.20. The number of imidazole rings is 1. The van der Waals surface area contributed by atoms with E-state index in [1.807, 2.05) is 32.9 Å². The number of rotatable bonds is 9. The van der Waals surface area contributed by atoms with Crippen LogP contribution >= 0.6 is 11.3 Å². The van der Waals surface area contributed by atoms with Crippen molar-refractivity contribution in [2.75, 3.05) is 10.6 Å². The van der Waals surface area contributed by atoms with Crippen LogP contribution in [0.1, 0.15) is 27.1 Å². The van der Waals surface area contributed by atoms with Crippen molar-refractivity contribution in [1.29, 1.82) is 0 Å². The van der Waals surface area contributed by atoms with Gasteiger partial charge in [-0.1, -0.05) is 42.0 Å². The highest BCUT2D eigenvalue weighted by molar-refractivity contribution is 7.10. The van der Waals surface area contributed by atoms with Gasteiger partial charge in [-0.05, 0) is 60.0 Å². The van der Waals surface area contributed by atoms with Gasteiger partial charge in [0.25, 0.3) is 0 Å². The monoisotopic (exact) mass is 460 g/mol. The molecule has 0 bridgehead atoms. The molecule has 2 heterocycles. The molecule has 0 saturated carbocycles. The van der Waals surface area contributed by atoms with E-state index in [1.54, 1.807) is 23.7 Å². The van der Waals surface area contributed by atoms with Gasteiger partial charge in [0.2, 0.25) is 0 Å². The minimum Gasteiger partial charge on any atom is -0.480 e. The summed E-state index contributed by atoms with van der Waals surface area (Å²) >= 11 is 1.70. The fourth-order valence-electron chi connectivity index (χ4n) is 4.01. The second-order valence-corrected chi connectivity index (χ2v) is 9.30. The molecule has 0 spiro atoms. The first kappa shape index (κ1) is 22.6. The highest BCUT2D eigenvalue weighted by Gasteiger charge is 2.20. The van der Waals surface area contributed by atoms with Crippen LogP contribution in [0.15, 0.2) is 60.2 Å². The molecule has 4 N–H and O–H groups in total. The zero-order valence-electron chi connectivity index (χ0n) is 19.0. The van der Waals surface area contributed by atoms with Crippen LogP contribution in [-0.2, 0) is 17.8 Å². The summed E-state index contributed by atoms with van der Waals surface area (Å²) in [6.07, 6.45) is 3.92. The van der Waals surface area contributed by atoms with E-state index in [4.69, 9.17) is 0 Å². The summed E-state index contributed by atoms with van der Waals surface area (Å²) in [5.74, 6) is -0.100. The zero-order chi connectivity index (χ0) is 23.4. The molecule has 0 aliphatic heterocycles. The predicted octanol–water partition coefficient (Wildman–Crippen LogP) is 5.78. The Kier molecular flexibility index (Phi) is 6.79. The summed E-state index contributed by atoms with van der Waals surface area (Å²) in [7, 11) is 0. The summed E-state index contributed by atoms with van der Waals surface area (Å²) in [4.78, 5) is 20.4. The van der Waals surface area contributed by atoms with Crippen LogP contribution in [0.4, 0.5) is 11.6 Å². The molecule has 33 heavy (non-hydrogen) atoms. The summed E-state index contributed by atoms with van der Waals surface area (Å²) in [6, 6.07) is 13.8. The Morgan fingerprint density at radius 2 is 1.82 bits per heavy atom. The van der Waals surface area contributed by atoms with E-state index in [1.165, 1.54) is 10.4 Å². The van der Waals surface area contributed by atoms with E-state index >= 15 is 0 Å². The molecule has 1 atom stereocenters. The van der Waals surface area contributed by atoms with Crippen molar-refractivity contribution in [1.82, 2.24) is 9.97 Å². The van der Waals surface area contributed by atoms with Crippen molar-refractivity contribution in [2.45, 2.75) is 39.8 Å². The lowest BCUT2D eigenvalue weighted by Crippen LogP contribution is -2.32. The number of aromatic nitrogens is 2. The van der Waals surface area contributed by atoms with E-state index in [0.29, 0.717) is 13.0 Å². The Hall–Kier alpha value is -3.58. The topological polar surface area (TPSA) is 90.0 Å². The normalized spacial score (nSPS) is 11.8. The second kappa shape index (κ2) is 9.92. The Bertz CT molecular complexity index is 1210. The van der Waals surface area contributed by atoms with Gasteiger partial charge in [0, 0.05) is 29.4 Å². The van der Waals surface area contributed by atoms with Crippen LogP contribution in [0, 0.1) is 20.8 Å². The highest BCUT2D eigenvalue weighted by atomic mass is 32.1. The van der Waals surface area contributed by atoms with E-state index < -0.39 is 12.0 Å². The van der Waals surface area contributed by atoms with Crippen LogP contribution in [0.2, 0.25) is 0 Å². The molecule has 0 aliphatic rings. The van der Waals surface area contributed by atoms with E-state index in [9.17, 15) is 9.90 Å². The quantitative estimate of drug-likeness (QED) is 0.254. The Labute approximate surface area is 197 Å². The number of hydrogen-bond acceptors (Lipinski definition) is 5. The minimum absolute atomic E-state index is 0.407. The molecule has 0 radical (unpaired) electrons. The van der Waals surface area contributed by atoms with Gasteiger partial charge >= 0.3 is 5.97 Å². The van der Waals surface area contributed by atoms with Crippen molar-refractivity contribution in [3.05, 3.63) is 87.4 Å². The number of carboxylic acids is 1. The number of nitrogens with one attached hydrogen (secondary N) is 3. The maximum atomic E-state index is 12.0. The number of thiophene rings is 1. The third-order valence-electron chi connectivity index (χ3n) is 5.60. The van der Waals surface area contributed by atoms with Gasteiger partial charge in [0.05, 0.1) is 6.54 Å². The van der Waals surface area contributed by atoms with Crippen molar-refractivity contribution in [3.63, 3.8) is 0 Å². The predicted molar refractivity (Wildman–Crippen MR) is 135 cm³/mol. The highest BCUT2D eigenvalue weighted by Crippen LogP contribution is 2.27. The molecule has 7 heteroatoms. The first-order valence-electron chi connectivity index (χ1n) is 10.9. The summed E-state index contributed by atoms with van der Waals surface area (Å²) in [5, 5.41) is 18.5. The fraction of sp³-hybridized carbons (Fsp3) is 0.231. The van der Waals surface area contributed by atoms with Gasteiger partial charge < -0.3 is 20.7 Å². The van der Waals surface area contributed by atoms with Gasteiger partial charge in [-0.15, -0.1) is 11.3 Å². The molecular formula is C26H28N4O2S. The van der Waals surface area contributed by atoms with Gasteiger partial charge in [-0.25, -0.2) is 9.78 Å². The Morgan fingerprint density at radius 3 is 2.45 bits per heavy atom.